The van der Waals surface area contributed by atoms with Gasteiger partial charge in [-0.15, -0.1) is 0 Å². The number of aryl methyl sites for hydroxylation is 1. The smallest absolute Gasteiger partial charge is 0.257 e. The summed E-state index contributed by atoms with van der Waals surface area (Å²) < 4.78 is 0. The highest BCUT2D eigenvalue weighted by atomic mass is 35.5. The Hall–Kier alpha value is -2.85. The molecule has 0 aliphatic carbocycles. The lowest BCUT2D eigenvalue weighted by Gasteiger charge is -2.08. The number of rotatable bonds is 5. The Morgan fingerprint density at radius 3 is 2.56 bits per heavy atom. The number of hydrogen-bond donors (Lipinski definition) is 2. The molecule has 0 aliphatic rings. The van der Waals surface area contributed by atoms with Crippen LogP contribution in [0.1, 0.15) is 21.5 Å². The Morgan fingerprint density at radius 1 is 1.08 bits per heavy atom. The van der Waals surface area contributed by atoms with E-state index in [0.717, 1.165) is 5.82 Å². The molecule has 5 heteroatoms. The predicted molar refractivity (Wildman–Crippen MR) is 102 cm³/mol. The van der Waals surface area contributed by atoms with Gasteiger partial charge in [0, 0.05) is 23.5 Å². The van der Waals surface area contributed by atoms with Gasteiger partial charge >= 0.3 is 0 Å². The second kappa shape index (κ2) is 7.81. The zero-order valence-electron chi connectivity index (χ0n) is 13.8. The number of nitrogens with zero attached hydrogens (tertiary/aromatic N) is 1. The largest absolute Gasteiger partial charge is 0.366 e. The molecule has 0 saturated carbocycles. The molecule has 0 unspecified atom stereocenters. The van der Waals surface area contributed by atoms with E-state index in [1.54, 1.807) is 42.6 Å². The van der Waals surface area contributed by atoms with Crippen LogP contribution in [0.15, 0.2) is 66.9 Å². The first-order valence-corrected chi connectivity index (χ1v) is 8.30. The molecule has 0 bridgehead atoms. The molecule has 0 fully saturated rings. The molecule has 0 aliphatic heterocycles. The van der Waals surface area contributed by atoms with Gasteiger partial charge < -0.3 is 10.6 Å². The van der Waals surface area contributed by atoms with Gasteiger partial charge in [-0.3, -0.25) is 4.79 Å². The monoisotopic (exact) mass is 351 g/mol. The molecule has 0 radical (unpaired) electrons. The summed E-state index contributed by atoms with van der Waals surface area (Å²) in [6.45, 7) is 2.75. The van der Waals surface area contributed by atoms with E-state index >= 15 is 0 Å². The zero-order valence-corrected chi connectivity index (χ0v) is 14.5. The van der Waals surface area contributed by atoms with E-state index in [2.05, 4.69) is 40.7 Å². The fraction of sp³-hybridized carbons (Fsp3) is 0.100. The summed E-state index contributed by atoms with van der Waals surface area (Å²) in [5.41, 5.74) is 3.60. The Bertz CT molecular complexity index is 861. The van der Waals surface area contributed by atoms with Crippen LogP contribution in [0.5, 0.6) is 0 Å². The number of aromatic nitrogens is 1. The van der Waals surface area contributed by atoms with Gasteiger partial charge in [-0.2, -0.15) is 0 Å². The summed E-state index contributed by atoms with van der Waals surface area (Å²) in [5, 5.41) is 6.69. The molecule has 3 rings (SSSR count). The van der Waals surface area contributed by atoms with Gasteiger partial charge in [0.05, 0.1) is 5.56 Å². The Labute approximate surface area is 151 Å². The maximum atomic E-state index is 12.2. The van der Waals surface area contributed by atoms with E-state index in [-0.39, 0.29) is 5.91 Å². The van der Waals surface area contributed by atoms with Gasteiger partial charge in [-0.25, -0.2) is 4.98 Å². The van der Waals surface area contributed by atoms with Crippen molar-refractivity contribution in [1.29, 1.82) is 0 Å². The zero-order chi connectivity index (χ0) is 17.6. The third-order valence-electron chi connectivity index (χ3n) is 3.68. The second-order valence-corrected chi connectivity index (χ2v) is 6.17. The number of carbonyl (C=O) groups is 1. The summed E-state index contributed by atoms with van der Waals surface area (Å²) in [6.07, 6.45) is 1.56. The molecular formula is C20H18ClN3O. The van der Waals surface area contributed by atoms with Gasteiger partial charge in [-0.05, 0) is 48.9 Å². The first-order valence-electron chi connectivity index (χ1n) is 7.92. The maximum absolute atomic E-state index is 12.2. The molecule has 3 aromatic rings. The number of pyridine rings is 1. The van der Waals surface area contributed by atoms with Crippen molar-refractivity contribution in [2.45, 2.75) is 13.5 Å². The summed E-state index contributed by atoms with van der Waals surface area (Å²) in [6, 6.07) is 18.8. The van der Waals surface area contributed by atoms with Crippen LogP contribution in [-0.4, -0.2) is 10.9 Å². The fourth-order valence-electron chi connectivity index (χ4n) is 2.38. The average Bonchev–Trinajstić information content (AvgIpc) is 2.62. The van der Waals surface area contributed by atoms with Crippen molar-refractivity contribution >= 4 is 29.0 Å². The molecule has 2 N–H and O–H groups in total. The number of carbonyl (C=O) groups excluding carboxylic acids is 1. The summed E-state index contributed by atoms with van der Waals surface area (Å²) in [5.74, 6) is 0.518. The highest BCUT2D eigenvalue weighted by molar-refractivity contribution is 6.30. The van der Waals surface area contributed by atoms with Crippen molar-refractivity contribution in [2.75, 3.05) is 10.6 Å². The number of halogens is 1. The normalized spacial score (nSPS) is 10.3. The molecule has 4 nitrogen and oxygen atoms in total. The molecule has 1 amide bonds. The molecule has 0 saturated heterocycles. The molecule has 1 heterocycles. The predicted octanol–water partition coefficient (Wildman–Crippen LogP) is 4.91. The highest BCUT2D eigenvalue weighted by Crippen LogP contribution is 2.15. The van der Waals surface area contributed by atoms with Crippen molar-refractivity contribution in [3.05, 3.63) is 88.6 Å². The second-order valence-electron chi connectivity index (χ2n) is 5.74. The van der Waals surface area contributed by atoms with Gasteiger partial charge in [-0.1, -0.05) is 41.4 Å². The Balaban J connectivity index is 1.59. The van der Waals surface area contributed by atoms with Crippen LogP contribution >= 0.6 is 11.6 Å². The van der Waals surface area contributed by atoms with E-state index in [1.807, 2.05) is 6.07 Å². The van der Waals surface area contributed by atoms with E-state index < -0.39 is 0 Å². The number of anilines is 2. The van der Waals surface area contributed by atoms with Crippen LogP contribution in [0.3, 0.4) is 0 Å². The minimum absolute atomic E-state index is 0.208. The summed E-state index contributed by atoms with van der Waals surface area (Å²) in [7, 11) is 0. The number of hydrogen-bond acceptors (Lipinski definition) is 3. The van der Waals surface area contributed by atoms with Gasteiger partial charge in [0.15, 0.2) is 0 Å². The first kappa shape index (κ1) is 17.0. The molecule has 1 aromatic heterocycles. The van der Waals surface area contributed by atoms with E-state index in [1.165, 1.54) is 11.1 Å². The maximum Gasteiger partial charge on any atom is 0.257 e. The number of amides is 1. The van der Waals surface area contributed by atoms with Gasteiger partial charge in [0.25, 0.3) is 5.91 Å². The van der Waals surface area contributed by atoms with Crippen molar-refractivity contribution in [1.82, 2.24) is 4.98 Å². The SMILES string of the molecule is Cc1cccc(CNc2ccc(C(=O)Nc3ccc(Cl)cc3)cn2)c1. The van der Waals surface area contributed by atoms with Crippen LogP contribution in [0.4, 0.5) is 11.5 Å². The van der Waals surface area contributed by atoms with Gasteiger partial charge in [0.2, 0.25) is 0 Å². The fourth-order valence-corrected chi connectivity index (χ4v) is 2.51. The van der Waals surface area contributed by atoms with Crippen molar-refractivity contribution in [3.63, 3.8) is 0 Å². The molecule has 25 heavy (non-hydrogen) atoms. The molecule has 0 atom stereocenters. The third-order valence-corrected chi connectivity index (χ3v) is 3.94. The van der Waals surface area contributed by atoms with Crippen LogP contribution < -0.4 is 10.6 Å². The lowest BCUT2D eigenvalue weighted by Crippen LogP contribution is -2.12. The van der Waals surface area contributed by atoms with E-state index in [0.29, 0.717) is 22.8 Å². The molecule has 0 spiro atoms. The van der Waals surface area contributed by atoms with Crippen molar-refractivity contribution in [2.24, 2.45) is 0 Å². The summed E-state index contributed by atoms with van der Waals surface area (Å²) >= 11 is 5.84. The molecule has 126 valence electrons. The van der Waals surface area contributed by atoms with E-state index in [9.17, 15) is 4.79 Å². The third kappa shape index (κ3) is 4.81. The van der Waals surface area contributed by atoms with Crippen LogP contribution in [0.25, 0.3) is 0 Å². The average molecular weight is 352 g/mol. The van der Waals surface area contributed by atoms with Crippen LogP contribution in [0, 0.1) is 6.92 Å². The van der Waals surface area contributed by atoms with Crippen LogP contribution in [-0.2, 0) is 6.54 Å². The Kier molecular flexibility index (Phi) is 5.31. The number of benzene rings is 2. The Morgan fingerprint density at radius 2 is 1.88 bits per heavy atom. The molecular weight excluding hydrogens is 334 g/mol. The standard InChI is InChI=1S/C20H18ClN3O/c1-14-3-2-4-15(11-14)12-22-19-10-5-16(13-23-19)20(25)24-18-8-6-17(21)7-9-18/h2-11,13H,12H2,1H3,(H,22,23)(H,24,25). The van der Waals surface area contributed by atoms with E-state index in [4.69, 9.17) is 11.6 Å². The van der Waals surface area contributed by atoms with Crippen LogP contribution in [0.2, 0.25) is 5.02 Å². The topological polar surface area (TPSA) is 54.0 Å². The van der Waals surface area contributed by atoms with Gasteiger partial charge in [0.1, 0.15) is 5.82 Å². The van der Waals surface area contributed by atoms with Crippen molar-refractivity contribution < 1.29 is 4.79 Å². The first-order chi connectivity index (χ1) is 12.1. The minimum Gasteiger partial charge on any atom is -0.366 e. The summed E-state index contributed by atoms with van der Waals surface area (Å²) in [4.78, 5) is 16.5. The lowest BCUT2D eigenvalue weighted by molar-refractivity contribution is 0.102. The molecule has 2 aromatic carbocycles. The highest BCUT2D eigenvalue weighted by Gasteiger charge is 2.07. The van der Waals surface area contributed by atoms with Crippen molar-refractivity contribution in [3.8, 4) is 0 Å². The minimum atomic E-state index is -0.208. The quantitative estimate of drug-likeness (QED) is 0.686. The lowest BCUT2D eigenvalue weighted by atomic mass is 10.1. The number of nitrogens with one attached hydrogen (secondary N) is 2.